The number of halogens is 1. The lowest BCUT2D eigenvalue weighted by Gasteiger charge is -2.20. The maximum atomic E-state index is 12.6. The molecule has 0 bridgehead atoms. The van der Waals surface area contributed by atoms with E-state index in [4.69, 9.17) is 16.3 Å². The Labute approximate surface area is 142 Å². The summed E-state index contributed by atoms with van der Waals surface area (Å²) in [6.45, 7) is 2.13. The highest BCUT2D eigenvalue weighted by Crippen LogP contribution is 2.30. The van der Waals surface area contributed by atoms with Gasteiger partial charge in [0, 0.05) is 5.02 Å². The van der Waals surface area contributed by atoms with E-state index in [1.54, 1.807) is 31.2 Å². The van der Waals surface area contributed by atoms with E-state index in [2.05, 4.69) is 5.32 Å². The second-order valence-corrected chi connectivity index (χ2v) is 6.54. The zero-order chi connectivity index (χ0) is 16.4. The summed E-state index contributed by atoms with van der Waals surface area (Å²) in [5, 5.41) is 7.13. The quantitative estimate of drug-likeness (QED) is 0.842. The molecule has 1 aliphatic heterocycles. The van der Waals surface area contributed by atoms with E-state index in [0.29, 0.717) is 10.8 Å². The van der Waals surface area contributed by atoms with Gasteiger partial charge >= 0.3 is 6.03 Å². The molecule has 2 aromatic rings. The van der Waals surface area contributed by atoms with E-state index in [9.17, 15) is 9.59 Å². The van der Waals surface area contributed by atoms with Gasteiger partial charge in [0.15, 0.2) is 0 Å². The number of ether oxygens (including phenoxy) is 1. The fourth-order valence-corrected chi connectivity index (χ4v) is 3.32. The highest BCUT2D eigenvalue weighted by molar-refractivity contribution is 7.08. The average molecular weight is 351 g/mol. The maximum absolute atomic E-state index is 12.6. The van der Waals surface area contributed by atoms with E-state index in [1.807, 2.05) is 16.8 Å². The van der Waals surface area contributed by atoms with Crippen LogP contribution < -0.4 is 10.1 Å². The molecule has 1 fully saturated rings. The van der Waals surface area contributed by atoms with Crippen molar-refractivity contribution in [2.75, 3.05) is 13.2 Å². The molecular formula is C16H15ClN2O3S. The van der Waals surface area contributed by atoms with Crippen LogP contribution in [0, 0.1) is 0 Å². The Hall–Kier alpha value is -2.05. The van der Waals surface area contributed by atoms with Crippen molar-refractivity contribution in [3.8, 4) is 5.75 Å². The first kappa shape index (κ1) is 15.8. The molecule has 2 heterocycles. The Balaban J connectivity index is 1.63. The largest absolute Gasteiger partial charge is 0.492 e. The molecule has 3 amide bonds. The number of thiophene rings is 1. The average Bonchev–Trinajstić information content (AvgIpc) is 3.13. The Morgan fingerprint density at radius 2 is 2.00 bits per heavy atom. The lowest BCUT2D eigenvalue weighted by atomic mass is 9.95. The summed E-state index contributed by atoms with van der Waals surface area (Å²) >= 11 is 7.30. The Kier molecular flexibility index (Phi) is 4.28. The summed E-state index contributed by atoms with van der Waals surface area (Å²) in [5.74, 6) is 0.377. The van der Waals surface area contributed by atoms with Crippen molar-refractivity contribution in [1.29, 1.82) is 0 Å². The predicted octanol–water partition coefficient (Wildman–Crippen LogP) is 3.25. The monoisotopic (exact) mass is 350 g/mol. The van der Waals surface area contributed by atoms with Gasteiger partial charge in [-0.2, -0.15) is 11.3 Å². The number of imide groups is 1. The van der Waals surface area contributed by atoms with Crippen molar-refractivity contribution in [3.63, 3.8) is 0 Å². The standard InChI is InChI=1S/C16H15ClN2O3S/c1-16(11-6-9-23-10-11)14(20)19(15(21)18-16)7-8-22-13-4-2-12(17)3-5-13/h2-6,9-10H,7-8H2,1H3,(H,18,21). The number of carbonyl (C=O) groups is 2. The van der Waals surface area contributed by atoms with Gasteiger partial charge in [0.2, 0.25) is 0 Å². The van der Waals surface area contributed by atoms with Gasteiger partial charge in [0.25, 0.3) is 5.91 Å². The number of benzene rings is 1. The van der Waals surface area contributed by atoms with Crippen LogP contribution in [0.15, 0.2) is 41.1 Å². The summed E-state index contributed by atoms with van der Waals surface area (Å²) in [4.78, 5) is 25.9. The van der Waals surface area contributed by atoms with Gasteiger partial charge in [-0.25, -0.2) is 4.79 Å². The smallest absolute Gasteiger partial charge is 0.325 e. The molecule has 3 rings (SSSR count). The molecule has 1 N–H and O–H groups in total. The minimum absolute atomic E-state index is 0.188. The first-order valence-electron chi connectivity index (χ1n) is 7.06. The van der Waals surface area contributed by atoms with Crippen molar-refractivity contribution < 1.29 is 14.3 Å². The summed E-state index contributed by atoms with van der Waals surface area (Å²) in [6, 6.07) is 8.36. The third-order valence-electron chi connectivity index (χ3n) is 3.77. The van der Waals surface area contributed by atoms with Crippen LogP contribution in [0.2, 0.25) is 5.02 Å². The van der Waals surface area contributed by atoms with Gasteiger partial charge in [-0.05, 0) is 53.6 Å². The number of amides is 3. The molecular weight excluding hydrogens is 336 g/mol. The highest BCUT2D eigenvalue weighted by Gasteiger charge is 2.48. The number of rotatable bonds is 5. The maximum Gasteiger partial charge on any atom is 0.325 e. The second kappa shape index (κ2) is 6.22. The first-order valence-corrected chi connectivity index (χ1v) is 8.38. The summed E-state index contributed by atoms with van der Waals surface area (Å²) in [6.07, 6.45) is 0. The van der Waals surface area contributed by atoms with Crippen LogP contribution in [0.3, 0.4) is 0 Å². The molecule has 23 heavy (non-hydrogen) atoms. The van der Waals surface area contributed by atoms with E-state index in [-0.39, 0.29) is 19.1 Å². The number of hydrogen-bond donors (Lipinski definition) is 1. The molecule has 1 unspecified atom stereocenters. The van der Waals surface area contributed by atoms with Crippen molar-refractivity contribution in [2.45, 2.75) is 12.5 Å². The molecule has 7 heteroatoms. The van der Waals surface area contributed by atoms with Crippen LogP contribution in [0.5, 0.6) is 5.75 Å². The van der Waals surface area contributed by atoms with Crippen molar-refractivity contribution >= 4 is 34.9 Å². The second-order valence-electron chi connectivity index (χ2n) is 5.33. The van der Waals surface area contributed by atoms with E-state index < -0.39 is 11.6 Å². The van der Waals surface area contributed by atoms with Gasteiger partial charge in [-0.3, -0.25) is 9.69 Å². The van der Waals surface area contributed by atoms with E-state index >= 15 is 0 Å². The van der Waals surface area contributed by atoms with Crippen LogP contribution in [-0.2, 0) is 10.3 Å². The summed E-state index contributed by atoms with van der Waals surface area (Å²) < 4.78 is 5.55. The zero-order valence-corrected chi connectivity index (χ0v) is 14.0. The minimum atomic E-state index is -1.00. The number of nitrogens with zero attached hydrogens (tertiary/aromatic N) is 1. The van der Waals surface area contributed by atoms with E-state index in [1.165, 1.54) is 16.2 Å². The van der Waals surface area contributed by atoms with Crippen molar-refractivity contribution in [1.82, 2.24) is 10.2 Å². The molecule has 1 saturated heterocycles. The minimum Gasteiger partial charge on any atom is -0.492 e. The molecule has 120 valence electrons. The number of carbonyl (C=O) groups excluding carboxylic acids is 2. The fourth-order valence-electron chi connectivity index (χ4n) is 2.43. The Bertz CT molecular complexity index is 717. The van der Waals surface area contributed by atoms with Gasteiger partial charge in [-0.15, -0.1) is 0 Å². The molecule has 1 aromatic carbocycles. The molecule has 1 aromatic heterocycles. The highest BCUT2D eigenvalue weighted by atomic mass is 35.5. The van der Waals surface area contributed by atoms with Crippen LogP contribution in [0.1, 0.15) is 12.5 Å². The third kappa shape index (κ3) is 3.04. The predicted molar refractivity (Wildman–Crippen MR) is 88.9 cm³/mol. The van der Waals surface area contributed by atoms with Crippen LogP contribution in [0.25, 0.3) is 0 Å². The SMILES string of the molecule is CC1(c2ccsc2)NC(=O)N(CCOc2ccc(Cl)cc2)C1=O. The lowest BCUT2D eigenvalue weighted by molar-refractivity contribution is -0.131. The van der Waals surface area contributed by atoms with Crippen molar-refractivity contribution in [2.24, 2.45) is 0 Å². The first-order chi connectivity index (χ1) is 11.0. The number of hydrogen-bond acceptors (Lipinski definition) is 4. The molecule has 1 atom stereocenters. The molecule has 1 aliphatic rings. The Morgan fingerprint density at radius 3 is 2.65 bits per heavy atom. The molecule has 5 nitrogen and oxygen atoms in total. The number of nitrogens with one attached hydrogen (secondary N) is 1. The zero-order valence-electron chi connectivity index (χ0n) is 12.4. The van der Waals surface area contributed by atoms with E-state index in [0.717, 1.165) is 5.56 Å². The molecule has 0 spiro atoms. The summed E-state index contributed by atoms with van der Waals surface area (Å²) in [5.41, 5.74) is -0.209. The molecule has 0 aliphatic carbocycles. The molecule has 0 radical (unpaired) electrons. The van der Waals surface area contributed by atoms with Gasteiger partial charge < -0.3 is 10.1 Å². The molecule has 0 saturated carbocycles. The summed E-state index contributed by atoms with van der Waals surface area (Å²) in [7, 11) is 0. The van der Waals surface area contributed by atoms with Gasteiger partial charge in [0.05, 0.1) is 6.54 Å². The van der Waals surface area contributed by atoms with Gasteiger partial charge in [-0.1, -0.05) is 11.6 Å². The lowest BCUT2D eigenvalue weighted by Crippen LogP contribution is -2.41. The van der Waals surface area contributed by atoms with Crippen LogP contribution >= 0.6 is 22.9 Å². The van der Waals surface area contributed by atoms with Gasteiger partial charge in [0.1, 0.15) is 17.9 Å². The fraction of sp³-hybridized carbons (Fsp3) is 0.250. The Morgan fingerprint density at radius 1 is 1.26 bits per heavy atom. The normalized spacial score (nSPS) is 20.7. The van der Waals surface area contributed by atoms with Crippen LogP contribution in [-0.4, -0.2) is 30.0 Å². The third-order valence-corrected chi connectivity index (χ3v) is 4.71. The topological polar surface area (TPSA) is 58.6 Å². The number of urea groups is 1. The van der Waals surface area contributed by atoms with Crippen LogP contribution in [0.4, 0.5) is 4.79 Å². The van der Waals surface area contributed by atoms with Crippen molar-refractivity contribution in [3.05, 3.63) is 51.7 Å².